The molecule has 0 heterocycles. The molecule has 0 saturated carbocycles. The quantitative estimate of drug-likeness (QED) is 0.297. The van der Waals surface area contributed by atoms with Crippen LogP contribution in [0.3, 0.4) is 0 Å². The van der Waals surface area contributed by atoms with Crippen molar-refractivity contribution in [3.63, 3.8) is 0 Å². The molecular formula is C17H36O4S. The Kier molecular flexibility index (Phi) is 14.4. The van der Waals surface area contributed by atoms with Crippen LogP contribution >= 0.6 is 0 Å². The summed E-state index contributed by atoms with van der Waals surface area (Å²) >= 11 is 0. The molecule has 0 rings (SSSR count). The predicted molar refractivity (Wildman–Crippen MR) is 92.4 cm³/mol. The largest absolute Gasteiger partial charge is 0.397 e. The van der Waals surface area contributed by atoms with Gasteiger partial charge in [0.1, 0.15) is 0 Å². The Labute approximate surface area is 138 Å². The summed E-state index contributed by atoms with van der Waals surface area (Å²) in [5.41, 5.74) is 0. The molecule has 1 unspecified atom stereocenters. The molecule has 0 bridgehead atoms. The Hall–Kier alpha value is -0.130. The van der Waals surface area contributed by atoms with Gasteiger partial charge in [0.2, 0.25) is 0 Å². The molecule has 4 nitrogen and oxygen atoms in total. The lowest BCUT2D eigenvalue weighted by Gasteiger charge is -2.11. The van der Waals surface area contributed by atoms with E-state index in [1.807, 2.05) is 0 Å². The van der Waals surface area contributed by atoms with Crippen LogP contribution in [0.25, 0.3) is 0 Å². The van der Waals surface area contributed by atoms with E-state index in [0.29, 0.717) is 6.42 Å². The van der Waals surface area contributed by atoms with Gasteiger partial charge in [-0.15, -0.1) is 0 Å². The van der Waals surface area contributed by atoms with Crippen LogP contribution in [-0.4, -0.2) is 19.6 Å². The summed E-state index contributed by atoms with van der Waals surface area (Å²) in [5, 5.41) is 0. The van der Waals surface area contributed by atoms with E-state index in [1.165, 1.54) is 64.2 Å². The molecule has 0 spiro atoms. The topological polar surface area (TPSA) is 63.6 Å². The molecule has 0 aliphatic rings. The lowest BCUT2D eigenvalue weighted by molar-refractivity contribution is 0.261. The molecule has 5 heteroatoms. The zero-order valence-corrected chi connectivity index (χ0v) is 15.4. The van der Waals surface area contributed by atoms with Gasteiger partial charge in [0.15, 0.2) is 0 Å². The molecule has 22 heavy (non-hydrogen) atoms. The Morgan fingerprint density at radius 3 is 1.77 bits per heavy atom. The van der Waals surface area contributed by atoms with Crippen LogP contribution < -0.4 is 0 Å². The Morgan fingerprint density at radius 1 is 0.818 bits per heavy atom. The molecule has 0 aromatic heterocycles. The third-order valence-corrected chi connectivity index (χ3v) is 4.59. The van der Waals surface area contributed by atoms with E-state index in [1.54, 1.807) is 0 Å². The van der Waals surface area contributed by atoms with E-state index in [2.05, 4.69) is 18.0 Å². The van der Waals surface area contributed by atoms with Gasteiger partial charge in [-0.2, -0.15) is 8.42 Å². The van der Waals surface area contributed by atoms with Crippen LogP contribution in [0.15, 0.2) is 0 Å². The average molecular weight is 337 g/mol. The number of unbranched alkanes of at least 4 members (excludes halogenated alkanes) is 9. The highest BCUT2D eigenvalue weighted by atomic mass is 32.3. The lowest BCUT2D eigenvalue weighted by Crippen LogP contribution is -2.04. The highest BCUT2D eigenvalue weighted by Crippen LogP contribution is 2.18. The SMILES string of the molecule is CCCCCCCCC(C)CCCCCCCOS(=O)(=O)O. The van der Waals surface area contributed by atoms with Gasteiger partial charge >= 0.3 is 10.4 Å². The maximum absolute atomic E-state index is 10.3. The zero-order valence-electron chi connectivity index (χ0n) is 14.6. The van der Waals surface area contributed by atoms with Crippen LogP contribution in [0, 0.1) is 5.92 Å². The number of rotatable bonds is 16. The monoisotopic (exact) mass is 336 g/mol. The molecule has 1 N–H and O–H groups in total. The zero-order chi connectivity index (χ0) is 16.7. The second-order valence-electron chi connectivity index (χ2n) is 6.47. The van der Waals surface area contributed by atoms with Crippen molar-refractivity contribution in [2.24, 2.45) is 5.92 Å². The van der Waals surface area contributed by atoms with Crippen molar-refractivity contribution in [3.8, 4) is 0 Å². The van der Waals surface area contributed by atoms with E-state index in [4.69, 9.17) is 4.55 Å². The average Bonchev–Trinajstić information content (AvgIpc) is 2.44. The molecule has 0 saturated heterocycles. The molecule has 0 aliphatic carbocycles. The first-order valence-corrected chi connectivity index (χ1v) is 10.4. The molecule has 0 aromatic carbocycles. The van der Waals surface area contributed by atoms with Crippen molar-refractivity contribution in [1.82, 2.24) is 0 Å². The Bertz CT molecular complexity index is 328. The minimum Gasteiger partial charge on any atom is -0.264 e. The van der Waals surface area contributed by atoms with Crippen LogP contribution in [0.2, 0.25) is 0 Å². The summed E-state index contributed by atoms with van der Waals surface area (Å²) in [4.78, 5) is 0. The van der Waals surface area contributed by atoms with Gasteiger partial charge < -0.3 is 0 Å². The molecule has 0 amide bonds. The van der Waals surface area contributed by atoms with Gasteiger partial charge in [-0.3, -0.25) is 4.55 Å². The van der Waals surface area contributed by atoms with E-state index >= 15 is 0 Å². The molecule has 0 fully saturated rings. The summed E-state index contributed by atoms with van der Waals surface area (Å²) in [6, 6.07) is 0. The minimum atomic E-state index is -4.25. The second kappa shape index (κ2) is 14.5. The maximum atomic E-state index is 10.3. The van der Waals surface area contributed by atoms with Crippen molar-refractivity contribution in [3.05, 3.63) is 0 Å². The highest BCUT2D eigenvalue weighted by Gasteiger charge is 2.04. The fraction of sp³-hybridized carbons (Fsp3) is 1.00. The van der Waals surface area contributed by atoms with E-state index < -0.39 is 10.4 Å². The minimum absolute atomic E-state index is 0.0905. The van der Waals surface area contributed by atoms with Crippen molar-refractivity contribution in [2.75, 3.05) is 6.61 Å². The van der Waals surface area contributed by atoms with Crippen LogP contribution in [0.1, 0.15) is 97.3 Å². The van der Waals surface area contributed by atoms with E-state index in [-0.39, 0.29) is 6.61 Å². The first-order valence-electron chi connectivity index (χ1n) is 9.07. The van der Waals surface area contributed by atoms with E-state index in [0.717, 1.165) is 18.8 Å². The summed E-state index contributed by atoms with van der Waals surface area (Å²) in [7, 11) is -4.25. The first-order chi connectivity index (χ1) is 10.5. The van der Waals surface area contributed by atoms with Crippen LogP contribution in [0.4, 0.5) is 0 Å². The first kappa shape index (κ1) is 21.9. The highest BCUT2D eigenvalue weighted by molar-refractivity contribution is 7.80. The van der Waals surface area contributed by atoms with Crippen LogP contribution in [-0.2, 0) is 14.6 Å². The Morgan fingerprint density at radius 2 is 1.27 bits per heavy atom. The molecular weight excluding hydrogens is 300 g/mol. The lowest BCUT2D eigenvalue weighted by atomic mass is 9.96. The summed E-state index contributed by atoms with van der Waals surface area (Å²) in [6.45, 7) is 4.70. The van der Waals surface area contributed by atoms with Crippen molar-refractivity contribution in [1.29, 1.82) is 0 Å². The Balaban J connectivity index is 3.23. The summed E-state index contributed by atoms with van der Waals surface area (Å²) < 4.78 is 33.4. The van der Waals surface area contributed by atoms with Gasteiger partial charge in [-0.25, -0.2) is 4.18 Å². The fourth-order valence-electron chi connectivity index (χ4n) is 2.71. The molecule has 134 valence electrons. The molecule has 0 aliphatic heterocycles. The van der Waals surface area contributed by atoms with Crippen molar-refractivity contribution >= 4 is 10.4 Å². The maximum Gasteiger partial charge on any atom is 0.397 e. The smallest absolute Gasteiger partial charge is 0.264 e. The third kappa shape index (κ3) is 17.9. The number of hydrogen-bond acceptors (Lipinski definition) is 3. The van der Waals surface area contributed by atoms with Gasteiger partial charge in [-0.1, -0.05) is 90.9 Å². The van der Waals surface area contributed by atoms with Crippen LogP contribution in [0.5, 0.6) is 0 Å². The normalized spacial score (nSPS) is 13.4. The van der Waals surface area contributed by atoms with Gasteiger partial charge in [0.25, 0.3) is 0 Å². The third-order valence-electron chi connectivity index (χ3n) is 4.12. The van der Waals surface area contributed by atoms with E-state index in [9.17, 15) is 8.42 Å². The standard InChI is InChI=1S/C17H36O4S/c1-3-4-5-6-8-11-14-17(2)15-12-9-7-10-13-16-21-22(18,19)20/h17H,3-16H2,1-2H3,(H,18,19,20). The number of hydrogen-bond donors (Lipinski definition) is 1. The van der Waals surface area contributed by atoms with Crippen molar-refractivity contribution < 1.29 is 17.2 Å². The fourth-order valence-corrected chi connectivity index (χ4v) is 3.04. The van der Waals surface area contributed by atoms with Crippen molar-refractivity contribution in [2.45, 2.75) is 97.3 Å². The van der Waals surface area contributed by atoms with Gasteiger partial charge in [-0.05, 0) is 12.3 Å². The molecule has 1 atom stereocenters. The van der Waals surface area contributed by atoms with Gasteiger partial charge in [0, 0.05) is 0 Å². The summed E-state index contributed by atoms with van der Waals surface area (Å²) in [6.07, 6.45) is 16.1. The van der Waals surface area contributed by atoms with Gasteiger partial charge in [0.05, 0.1) is 6.61 Å². The molecule has 0 aromatic rings. The second-order valence-corrected chi connectivity index (χ2v) is 7.56. The predicted octanol–water partition coefficient (Wildman–Crippen LogP) is 5.53. The summed E-state index contributed by atoms with van der Waals surface area (Å²) in [5.74, 6) is 0.828. The molecule has 0 radical (unpaired) electrons.